The van der Waals surface area contributed by atoms with Gasteiger partial charge < -0.3 is 15.1 Å². The molecule has 0 atom stereocenters. The Kier molecular flexibility index (Phi) is 6.85. The zero-order chi connectivity index (χ0) is 25.1. The fourth-order valence-corrected chi connectivity index (χ4v) is 2.85. The molecule has 0 bridgehead atoms. The van der Waals surface area contributed by atoms with E-state index in [0.717, 1.165) is 30.3 Å². The molecule has 34 heavy (non-hydrogen) atoms. The molecule has 2 amide bonds. The van der Waals surface area contributed by atoms with Crippen molar-refractivity contribution in [1.82, 2.24) is 0 Å². The Labute approximate surface area is 189 Å². The van der Waals surface area contributed by atoms with E-state index in [1.807, 2.05) is 0 Å². The number of hydrogen-bond acceptors (Lipinski definition) is 3. The zero-order valence-corrected chi connectivity index (χ0v) is 17.3. The van der Waals surface area contributed by atoms with Gasteiger partial charge in [-0.05, 0) is 61.5 Å². The highest BCUT2D eigenvalue weighted by molar-refractivity contribution is 6.28. The number of halogens is 6. The van der Waals surface area contributed by atoms with E-state index in [9.17, 15) is 35.9 Å². The molecule has 0 saturated heterocycles. The molecule has 2 N–H and O–H groups in total. The van der Waals surface area contributed by atoms with Gasteiger partial charge in [-0.15, -0.1) is 0 Å². The van der Waals surface area contributed by atoms with Gasteiger partial charge in [-0.1, -0.05) is 12.1 Å². The van der Waals surface area contributed by atoms with Crippen LogP contribution in [0.3, 0.4) is 0 Å². The minimum Gasteiger partial charge on any atom is -0.462 e. The zero-order valence-electron chi connectivity index (χ0n) is 17.3. The maximum Gasteiger partial charge on any atom is 0.416 e. The fraction of sp³-hybridized carbons (Fsp3) is 0.130. The third kappa shape index (κ3) is 6.27. The molecule has 1 aromatic heterocycles. The second-order valence-electron chi connectivity index (χ2n) is 7.07. The fourth-order valence-electron chi connectivity index (χ4n) is 2.85. The Bertz CT molecular complexity index is 1170. The number of furan rings is 1. The van der Waals surface area contributed by atoms with Gasteiger partial charge in [0.2, 0.25) is 0 Å². The number of rotatable bonds is 5. The summed E-state index contributed by atoms with van der Waals surface area (Å²) >= 11 is 0. The van der Waals surface area contributed by atoms with Gasteiger partial charge in [0.15, 0.2) is 0 Å². The van der Waals surface area contributed by atoms with E-state index in [1.54, 1.807) is 13.0 Å². The molecule has 0 fully saturated rings. The predicted molar refractivity (Wildman–Crippen MR) is 112 cm³/mol. The van der Waals surface area contributed by atoms with Crippen molar-refractivity contribution in [3.63, 3.8) is 0 Å². The summed E-state index contributed by atoms with van der Waals surface area (Å²) in [6.07, 6.45) is -8.29. The van der Waals surface area contributed by atoms with Gasteiger partial charge in [0.05, 0.1) is 11.1 Å². The summed E-state index contributed by atoms with van der Waals surface area (Å²) in [5.41, 5.74) is -3.14. The Hall–Kier alpha value is -4.02. The van der Waals surface area contributed by atoms with Crippen LogP contribution in [-0.4, -0.2) is 11.8 Å². The number of benzene rings is 2. The summed E-state index contributed by atoms with van der Waals surface area (Å²) in [4.78, 5) is 25.6. The summed E-state index contributed by atoms with van der Waals surface area (Å²) in [5, 5.41) is 4.39. The SMILES string of the molecule is Cc1ccc(C=C(C(=O)Nc2cccc(C(F)(F)F)c2)C(=O)Nc2cccc(C(F)(F)F)c2)o1. The highest BCUT2D eigenvalue weighted by Gasteiger charge is 2.32. The lowest BCUT2D eigenvalue weighted by molar-refractivity contribution is -0.138. The first-order valence-electron chi connectivity index (χ1n) is 9.58. The smallest absolute Gasteiger partial charge is 0.416 e. The van der Waals surface area contributed by atoms with Crippen LogP contribution < -0.4 is 10.6 Å². The van der Waals surface area contributed by atoms with Crippen molar-refractivity contribution in [1.29, 1.82) is 0 Å². The number of anilines is 2. The number of alkyl halides is 6. The van der Waals surface area contributed by atoms with E-state index in [-0.39, 0.29) is 17.1 Å². The van der Waals surface area contributed by atoms with E-state index in [4.69, 9.17) is 4.42 Å². The van der Waals surface area contributed by atoms with E-state index in [0.29, 0.717) is 17.9 Å². The quantitative estimate of drug-likeness (QED) is 0.194. The molecule has 0 saturated carbocycles. The molecule has 0 unspecified atom stereocenters. The van der Waals surface area contributed by atoms with E-state index < -0.39 is 40.9 Å². The lowest BCUT2D eigenvalue weighted by atomic mass is 10.1. The third-order valence-corrected chi connectivity index (χ3v) is 4.43. The van der Waals surface area contributed by atoms with Crippen LogP contribution in [0.4, 0.5) is 37.7 Å². The van der Waals surface area contributed by atoms with E-state index >= 15 is 0 Å². The van der Waals surface area contributed by atoms with Gasteiger partial charge >= 0.3 is 12.4 Å². The first kappa shape index (κ1) is 24.6. The van der Waals surface area contributed by atoms with Crippen LogP contribution >= 0.6 is 0 Å². The first-order valence-corrected chi connectivity index (χ1v) is 9.58. The summed E-state index contributed by atoms with van der Waals surface area (Å²) in [6, 6.07) is 10.5. The Balaban J connectivity index is 1.91. The third-order valence-electron chi connectivity index (χ3n) is 4.43. The summed E-state index contributed by atoms with van der Waals surface area (Å²) in [5.74, 6) is -1.68. The van der Waals surface area contributed by atoms with Crippen molar-refractivity contribution in [3.05, 3.63) is 88.9 Å². The maximum absolute atomic E-state index is 13.0. The average molecular weight is 482 g/mol. The highest BCUT2D eigenvalue weighted by atomic mass is 19.4. The van der Waals surface area contributed by atoms with Crippen molar-refractivity contribution in [2.75, 3.05) is 10.6 Å². The molecule has 0 aliphatic heterocycles. The Morgan fingerprint density at radius 3 is 1.62 bits per heavy atom. The van der Waals surface area contributed by atoms with Gasteiger partial charge in [-0.3, -0.25) is 9.59 Å². The summed E-state index contributed by atoms with van der Waals surface area (Å²) in [7, 11) is 0. The van der Waals surface area contributed by atoms with Crippen LogP contribution in [0.25, 0.3) is 6.08 Å². The Morgan fingerprint density at radius 2 is 1.24 bits per heavy atom. The number of aryl methyl sites for hydroxylation is 1. The lowest BCUT2D eigenvalue weighted by Gasteiger charge is -2.13. The molecule has 1 heterocycles. The monoisotopic (exact) mass is 482 g/mol. The number of nitrogens with one attached hydrogen (secondary N) is 2. The average Bonchev–Trinajstić information content (AvgIpc) is 3.16. The van der Waals surface area contributed by atoms with Crippen molar-refractivity contribution in [2.24, 2.45) is 0 Å². The minimum atomic E-state index is -4.66. The molecule has 3 aromatic rings. The Morgan fingerprint density at radius 1 is 0.765 bits per heavy atom. The molecule has 0 aliphatic carbocycles. The molecule has 178 valence electrons. The van der Waals surface area contributed by atoms with Gasteiger partial charge in [-0.2, -0.15) is 26.3 Å². The van der Waals surface area contributed by atoms with Crippen LogP contribution in [0.15, 0.2) is 70.7 Å². The largest absolute Gasteiger partial charge is 0.462 e. The van der Waals surface area contributed by atoms with Crippen molar-refractivity contribution in [2.45, 2.75) is 19.3 Å². The van der Waals surface area contributed by atoms with E-state index in [1.165, 1.54) is 18.2 Å². The van der Waals surface area contributed by atoms with Crippen LogP contribution in [0.1, 0.15) is 22.6 Å². The number of amides is 2. The number of carbonyl (C=O) groups is 2. The minimum absolute atomic E-state index is 0.0749. The van der Waals surface area contributed by atoms with E-state index in [2.05, 4.69) is 10.6 Å². The van der Waals surface area contributed by atoms with Crippen molar-refractivity contribution in [3.8, 4) is 0 Å². The maximum atomic E-state index is 13.0. The molecule has 0 radical (unpaired) electrons. The number of carbonyl (C=O) groups excluding carboxylic acids is 2. The van der Waals surface area contributed by atoms with Crippen LogP contribution in [0, 0.1) is 6.92 Å². The van der Waals surface area contributed by atoms with Crippen LogP contribution in [0.2, 0.25) is 0 Å². The number of hydrogen-bond donors (Lipinski definition) is 2. The molecule has 2 aromatic carbocycles. The molecule has 0 spiro atoms. The van der Waals surface area contributed by atoms with Crippen molar-refractivity contribution >= 4 is 29.3 Å². The van der Waals surface area contributed by atoms with Gasteiger partial charge in [0, 0.05) is 11.4 Å². The second-order valence-corrected chi connectivity index (χ2v) is 7.07. The molecule has 11 heteroatoms. The normalized spacial score (nSPS) is 11.6. The lowest BCUT2D eigenvalue weighted by Crippen LogP contribution is -2.25. The van der Waals surface area contributed by atoms with Crippen LogP contribution in [-0.2, 0) is 21.9 Å². The molecular weight excluding hydrogens is 466 g/mol. The highest BCUT2D eigenvalue weighted by Crippen LogP contribution is 2.32. The second kappa shape index (κ2) is 9.46. The first-order chi connectivity index (χ1) is 15.8. The standard InChI is InChI=1S/C23H16F6N2O3/c1-13-8-9-18(34-13)12-19(20(32)30-16-6-2-4-14(10-16)22(24,25)26)21(33)31-17-7-3-5-15(11-17)23(27,28)29/h2-12H,1H3,(H,30,32)(H,31,33). The van der Waals surface area contributed by atoms with Gasteiger partial charge in [0.1, 0.15) is 17.1 Å². The topological polar surface area (TPSA) is 71.3 Å². The van der Waals surface area contributed by atoms with Gasteiger partial charge in [-0.25, -0.2) is 0 Å². The predicted octanol–water partition coefficient (Wildman–Crippen LogP) is 6.29. The molecule has 5 nitrogen and oxygen atoms in total. The van der Waals surface area contributed by atoms with Gasteiger partial charge in [0.25, 0.3) is 11.8 Å². The molecular formula is C23H16F6N2O3. The summed E-state index contributed by atoms with van der Waals surface area (Å²) in [6.45, 7) is 1.60. The summed E-state index contributed by atoms with van der Waals surface area (Å²) < 4.78 is 83.1. The van der Waals surface area contributed by atoms with Crippen LogP contribution in [0.5, 0.6) is 0 Å². The molecule has 0 aliphatic rings. The molecule has 3 rings (SSSR count). The van der Waals surface area contributed by atoms with Crippen molar-refractivity contribution < 1.29 is 40.3 Å².